The van der Waals surface area contributed by atoms with Crippen LogP contribution in [0.2, 0.25) is 5.02 Å². The Kier molecular flexibility index (Phi) is 6.56. The number of thioether (sulfide) groups is 1. The number of aliphatic hydroxyl groups excluding tert-OH is 1. The lowest BCUT2D eigenvalue weighted by Crippen LogP contribution is -2.62. The molecule has 1 aromatic carbocycles. The van der Waals surface area contributed by atoms with E-state index in [2.05, 4.69) is 4.98 Å². The van der Waals surface area contributed by atoms with Gasteiger partial charge in [-0.2, -0.15) is 5.26 Å². The van der Waals surface area contributed by atoms with Crippen LogP contribution in [-0.2, 0) is 11.4 Å². The molecule has 4 rings (SSSR count). The Balaban J connectivity index is 1.75. The molecule has 8 nitrogen and oxygen atoms in total. The molecule has 33 heavy (non-hydrogen) atoms. The number of methoxy groups -OCH3 is 1. The van der Waals surface area contributed by atoms with E-state index in [-0.39, 0.29) is 36.0 Å². The van der Waals surface area contributed by atoms with Crippen LogP contribution < -0.4 is 9.64 Å². The Morgan fingerprint density at radius 3 is 2.82 bits per heavy atom. The summed E-state index contributed by atoms with van der Waals surface area (Å²) in [6.45, 7) is -0.190. The van der Waals surface area contributed by atoms with E-state index >= 15 is 0 Å². The second-order valence-corrected chi connectivity index (χ2v) is 8.88. The monoisotopic (exact) mass is 488 g/mol. The van der Waals surface area contributed by atoms with Crippen LogP contribution in [0.25, 0.3) is 4.91 Å². The third-order valence-electron chi connectivity index (χ3n) is 5.34. The number of carbonyl (C=O) groups excluding carboxylic acids is 2. The summed E-state index contributed by atoms with van der Waals surface area (Å²) in [6, 6.07) is 4.92. The molecule has 1 saturated heterocycles. The number of ether oxygens (including phenoxy) is 1. The fourth-order valence-corrected chi connectivity index (χ4v) is 5.45. The molecule has 2 atom stereocenters. The molecule has 0 radical (unpaired) electrons. The van der Waals surface area contributed by atoms with Crippen LogP contribution in [0, 0.1) is 17.1 Å². The van der Waals surface area contributed by atoms with Gasteiger partial charge in [0.2, 0.25) is 0 Å². The molecule has 0 saturated carbocycles. The van der Waals surface area contributed by atoms with Gasteiger partial charge in [0.1, 0.15) is 5.25 Å². The first kappa shape index (κ1) is 23.0. The number of halogens is 2. The molecule has 0 spiro atoms. The highest BCUT2D eigenvalue weighted by Gasteiger charge is 2.49. The molecule has 2 unspecified atom stereocenters. The van der Waals surface area contributed by atoms with Crippen molar-refractivity contribution < 1.29 is 23.8 Å². The van der Waals surface area contributed by atoms with Crippen molar-refractivity contribution in [1.29, 1.82) is 5.26 Å². The lowest BCUT2D eigenvalue weighted by molar-refractivity contribution is -0.119. The highest BCUT2D eigenvalue weighted by Crippen LogP contribution is 2.47. The Bertz CT molecular complexity index is 1200. The van der Waals surface area contributed by atoms with Crippen molar-refractivity contribution in [1.82, 2.24) is 9.88 Å². The zero-order chi connectivity index (χ0) is 23.7. The van der Waals surface area contributed by atoms with Crippen LogP contribution in [0.15, 0.2) is 36.7 Å². The van der Waals surface area contributed by atoms with Gasteiger partial charge in [-0.15, -0.1) is 11.8 Å². The molecule has 2 aromatic rings. The van der Waals surface area contributed by atoms with E-state index in [0.29, 0.717) is 16.0 Å². The van der Waals surface area contributed by atoms with Gasteiger partial charge in [-0.3, -0.25) is 9.78 Å². The van der Waals surface area contributed by atoms with Crippen molar-refractivity contribution in [3.8, 4) is 11.8 Å². The largest absolute Gasteiger partial charge is 0.494 e. The molecular weight excluding hydrogens is 471 g/mol. The number of nitriles is 1. The van der Waals surface area contributed by atoms with Crippen molar-refractivity contribution in [2.24, 2.45) is 0 Å². The number of anilines is 1. The highest BCUT2D eigenvalue weighted by molar-refractivity contribution is 8.09. The van der Waals surface area contributed by atoms with E-state index in [1.54, 1.807) is 6.08 Å². The standard InChI is InChI=1S/C22H18ClFN4O4S/c1-32-18-6-14(15(23)7-16(18)24)19-8-17-20(33-19)21(30)28(22(31)27(17)4-2-3-25)13-5-12(11-29)9-26-10-13/h5-10,17,20,29H,2,4,11H2,1H3. The summed E-state index contributed by atoms with van der Waals surface area (Å²) >= 11 is 7.48. The first-order chi connectivity index (χ1) is 15.9. The highest BCUT2D eigenvalue weighted by atomic mass is 35.5. The number of nitrogens with zero attached hydrogens (tertiary/aromatic N) is 4. The Morgan fingerprint density at radius 1 is 1.33 bits per heavy atom. The zero-order valence-corrected chi connectivity index (χ0v) is 18.9. The molecule has 11 heteroatoms. The average molecular weight is 489 g/mol. The number of aromatic nitrogens is 1. The Labute approximate surface area is 198 Å². The number of hydrogen-bond acceptors (Lipinski definition) is 7. The number of aliphatic hydroxyl groups is 1. The van der Waals surface area contributed by atoms with E-state index in [1.807, 2.05) is 6.07 Å². The molecule has 3 heterocycles. The summed E-state index contributed by atoms with van der Waals surface area (Å²) in [7, 11) is 1.34. The topological polar surface area (TPSA) is 107 Å². The maximum Gasteiger partial charge on any atom is 0.332 e. The minimum Gasteiger partial charge on any atom is -0.494 e. The number of fused-ring (bicyclic) bond motifs is 1. The first-order valence-corrected chi connectivity index (χ1v) is 11.1. The van der Waals surface area contributed by atoms with Gasteiger partial charge >= 0.3 is 6.03 Å². The number of benzene rings is 1. The number of pyridine rings is 1. The van der Waals surface area contributed by atoms with Gasteiger partial charge in [0.25, 0.3) is 5.91 Å². The van der Waals surface area contributed by atoms with Crippen LogP contribution >= 0.6 is 23.4 Å². The van der Waals surface area contributed by atoms with Crippen molar-refractivity contribution in [2.45, 2.75) is 24.3 Å². The number of amides is 3. The maximum atomic E-state index is 14.0. The Hall–Kier alpha value is -3.13. The maximum absolute atomic E-state index is 14.0. The summed E-state index contributed by atoms with van der Waals surface area (Å²) in [5.74, 6) is -1.07. The lowest BCUT2D eigenvalue weighted by Gasteiger charge is -2.40. The minimum absolute atomic E-state index is 0.00281. The molecule has 1 fully saturated rings. The summed E-state index contributed by atoms with van der Waals surface area (Å²) < 4.78 is 19.1. The Morgan fingerprint density at radius 2 is 2.12 bits per heavy atom. The fourth-order valence-electron chi connectivity index (χ4n) is 3.78. The van der Waals surface area contributed by atoms with E-state index in [4.69, 9.17) is 21.6 Å². The van der Waals surface area contributed by atoms with Gasteiger partial charge in [0.05, 0.1) is 49.2 Å². The molecule has 0 aliphatic carbocycles. The molecule has 1 aromatic heterocycles. The van der Waals surface area contributed by atoms with Gasteiger partial charge < -0.3 is 14.7 Å². The van der Waals surface area contributed by atoms with Gasteiger partial charge in [-0.1, -0.05) is 11.6 Å². The average Bonchev–Trinajstić information content (AvgIpc) is 3.24. The minimum atomic E-state index is -0.707. The molecule has 3 amide bonds. The molecule has 2 aliphatic rings. The van der Waals surface area contributed by atoms with Gasteiger partial charge in [-0.05, 0) is 29.8 Å². The van der Waals surface area contributed by atoms with Gasteiger partial charge in [0.15, 0.2) is 11.6 Å². The third-order valence-corrected chi connectivity index (χ3v) is 7.00. The quantitative estimate of drug-likeness (QED) is 0.662. The smallest absolute Gasteiger partial charge is 0.332 e. The predicted octanol–water partition coefficient (Wildman–Crippen LogP) is 3.58. The molecule has 2 aliphatic heterocycles. The summed E-state index contributed by atoms with van der Waals surface area (Å²) in [6.07, 6.45) is 4.62. The summed E-state index contributed by atoms with van der Waals surface area (Å²) in [4.78, 5) is 33.8. The van der Waals surface area contributed by atoms with Crippen LogP contribution in [0.3, 0.4) is 0 Å². The van der Waals surface area contributed by atoms with Crippen LogP contribution in [0.5, 0.6) is 5.75 Å². The van der Waals surface area contributed by atoms with E-state index < -0.39 is 29.0 Å². The molecule has 170 valence electrons. The van der Waals surface area contributed by atoms with Crippen molar-refractivity contribution in [2.75, 3.05) is 18.6 Å². The first-order valence-electron chi connectivity index (χ1n) is 9.87. The molecular formula is C22H18ClFN4O4S. The van der Waals surface area contributed by atoms with Crippen molar-refractivity contribution in [3.63, 3.8) is 0 Å². The molecule has 1 N–H and O–H groups in total. The lowest BCUT2D eigenvalue weighted by atomic mass is 10.0. The van der Waals surface area contributed by atoms with E-state index in [0.717, 1.165) is 11.0 Å². The third kappa shape index (κ3) is 4.15. The number of carbonyl (C=O) groups is 2. The van der Waals surface area contributed by atoms with Gasteiger partial charge in [-0.25, -0.2) is 14.1 Å². The van der Waals surface area contributed by atoms with Crippen LogP contribution in [-0.4, -0.2) is 51.9 Å². The summed E-state index contributed by atoms with van der Waals surface area (Å²) in [5.41, 5.74) is 1.15. The van der Waals surface area contributed by atoms with Crippen molar-refractivity contribution >= 4 is 45.9 Å². The van der Waals surface area contributed by atoms with Crippen LogP contribution in [0.4, 0.5) is 14.9 Å². The second-order valence-electron chi connectivity index (χ2n) is 7.29. The number of urea groups is 1. The second kappa shape index (κ2) is 9.39. The number of rotatable bonds is 6. The summed E-state index contributed by atoms with van der Waals surface area (Å²) in [5, 5.41) is 17.9. The van der Waals surface area contributed by atoms with Crippen molar-refractivity contribution in [3.05, 3.63) is 58.6 Å². The fraction of sp³-hybridized carbons (Fsp3) is 0.273. The normalized spacial score (nSPS) is 19.9. The SMILES string of the molecule is COc1cc(C2=CC3C(S2)C(=O)N(c2cncc(CO)c2)C(=O)N3CCC#N)c(Cl)cc1F. The van der Waals surface area contributed by atoms with E-state index in [9.17, 15) is 19.1 Å². The predicted molar refractivity (Wildman–Crippen MR) is 121 cm³/mol. The molecule has 0 bridgehead atoms. The van der Waals surface area contributed by atoms with Crippen LogP contribution in [0.1, 0.15) is 17.5 Å². The zero-order valence-electron chi connectivity index (χ0n) is 17.4. The number of imide groups is 1. The van der Waals surface area contributed by atoms with E-state index in [1.165, 1.54) is 48.3 Å². The van der Waals surface area contributed by atoms with Gasteiger partial charge in [0, 0.05) is 23.2 Å². The number of hydrogen-bond donors (Lipinski definition) is 1.